The first-order chi connectivity index (χ1) is 11.7. The van der Waals surface area contributed by atoms with Crippen LogP contribution in [0, 0.1) is 6.92 Å². The molecule has 3 rings (SSSR count). The molecular weight excluding hydrogens is 322 g/mol. The Balaban J connectivity index is 1.73. The minimum atomic E-state index is -0.228. The Morgan fingerprint density at radius 3 is 2.79 bits per heavy atom. The lowest BCUT2D eigenvalue weighted by molar-refractivity contribution is 0.185. The average molecular weight is 341 g/mol. The largest absolute Gasteiger partial charge is 0.395 e. The molecular formula is C18H19N3O2S. The van der Waals surface area contributed by atoms with Crippen LogP contribution in [0.5, 0.6) is 0 Å². The summed E-state index contributed by atoms with van der Waals surface area (Å²) < 4.78 is 1.04. The molecule has 3 aromatic rings. The number of thiazole rings is 1. The lowest BCUT2D eigenvalue weighted by atomic mass is 10.2. The molecule has 2 amide bonds. The Hall–Kier alpha value is -2.44. The van der Waals surface area contributed by atoms with Crippen LogP contribution in [0.4, 0.5) is 10.5 Å². The quantitative estimate of drug-likeness (QED) is 0.745. The van der Waals surface area contributed by atoms with Crippen molar-refractivity contribution in [1.82, 2.24) is 9.88 Å². The van der Waals surface area contributed by atoms with Gasteiger partial charge < -0.3 is 15.3 Å². The number of hydrogen-bond acceptors (Lipinski definition) is 4. The van der Waals surface area contributed by atoms with E-state index in [-0.39, 0.29) is 19.2 Å². The molecule has 0 fully saturated rings. The SMILES string of the molecule is Cc1nc2ccc(NC(=O)N(CCO)Cc3ccccc3)cc2s1. The van der Waals surface area contributed by atoms with Crippen LogP contribution in [0.3, 0.4) is 0 Å². The minimum absolute atomic E-state index is 0.0761. The molecule has 0 aliphatic carbocycles. The molecule has 0 bridgehead atoms. The number of nitrogens with one attached hydrogen (secondary N) is 1. The normalized spacial score (nSPS) is 10.8. The van der Waals surface area contributed by atoms with Crippen molar-refractivity contribution in [2.45, 2.75) is 13.5 Å². The van der Waals surface area contributed by atoms with E-state index in [9.17, 15) is 9.90 Å². The van der Waals surface area contributed by atoms with E-state index < -0.39 is 0 Å². The number of anilines is 1. The van der Waals surface area contributed by atoms with Crippen molar-refractivity contribution < 1.29 is 9.90 Å². The van der Waals surface area contributed by atoms with Crippen LogP contribution in [-0.2, 0) is 6.54 Å². The summed E-state index contributed by atoms with van der Waals surface area (Å²) in [6.07, 6.45) is 0. The summed E-state index contributed by atoms with van der Waals surface area (Å²) in [4.78, 5) is 18.6. The summed E-state index contributed by atoms with van der Waals surface area (Å²) in [6.45, 7) is 2.62. The number of aryl methyl sites for hydroxylation is 1. The highest BCUT2D eigenvalue weighted by Crippen LogP contribution is 2.25. The van der Waals surface area contributed by atoms with Crippen LogP contribution in [0.25, 0.3) is 10.2 Å². The molecule has 0 saturated heterocycles. The second-order valence-corrected chi connectivity index (χ2v) is 6.71. The van der Waals surface area contributed by atoms with Crippen molar-refractivity contribution in [1.29, 1.82) is 0 Å². The molecule has 0 radical (unpaired) electrons. The summed E-state index contributed by atoms with van der Waals surface area (Å²) in [5.41, 5.74) is 2.69. The van der Waals surface area contributed by atoms with E-state index in [0.29, 0.717) is 6.54 Å². The van der Waals surface area contributed by atoms with E-state index in [4.69, 9.17) is 0 Å². The zero-order chi connectivity index (χ0) is 16.9. The van der Waals surface area contributed by atoms with Crippen LogP contribution in [0.1, 0.15) is 10.6 Å². The maximum atomic E-state index is 12.5. The monoisotopic (exact) mass is 341 g/mol. The third-order valence-electron chi connectivity index (χ3n) is 3.62. The molecule has 2 N–H and O–H groups in total. The summed E-state index contributed by atoms with van der Waals surface area (Å²) in [7, 11) is 0. The number of benzene rings is 2. The minimum Gasteiger partial charge on any atom is -0.395 e. The van der Waals surface area contributed by atoms with Gasteiger partial charge in [-0.2, -0.15) is 0 Å². The van der Waals surface area contributed by atoms with Crippen LogP contribution in [0.2, 0.25) is 0 Å². The number of amides is 2. The van der Waals surface area contributed by atoms with E-state index in [2.05, 4.69) is 10.3 Å². The molecule has 124 valence electrons. The Morgan fingerprint density at radius 2 is 2.04 bits per heavy atom. The van der Waals surface area contributed by atoms with Crippen LogP contribution >= 0.6 is 11.3 Å². The Morgan fingerprint density at radius 1 is 1.25 bits per heavy atom. The molecule has 6 heteroatoms. The third kappa shape index (κ3) is 3.90. The third-order valence-corrected chi connectivity index (χ3v) is 4.55. The van der Waals surface area contributed by atoms with Crippen molar-refractivity contribution >= 4 is 33.3 Å². The van der Waals surface area contributed by atoms with Crippen LogP contribution in [-0.4, -0.2) is 34.2 Å². The first-order valence-electron chi connectivity index (χ1n) is 7.73. The molecule has 0 unspecified atom stereocenters. The van der Waals surface area contributed by atoms with Gasteiger partial charge in [0.05, 0.1) is 21.8 Å². The highest BCUT2D eigenvalue weighted by atomic mass is 32.1. The van der Waals surface area contributed by atoms with E-state index in [1.165, 1.54) is 0 Å². The lowest BCUT2D eigenvalue weighted by Gasteiger charge is -2.22. The highest BCUT2D eigenvalue weighted by Gasteiger charge is 2.14. The first-order valence-corrected chi connectivity index (χ1v) is 8.55. The van der Waals surface area contributed by atoms with Gasteiger partial charge in [-0.25, -0.2) is 9.78 Å². The number of fused-ring (bicyclic) bond motifs is 1. The van der Waals surface area contributed by atoms with Crippen molar-refractivity contribution in [3.8, 4) is 0 Å². The molecule has 0 aliphatic heterocycles. The van der Waals surface area contributed by atoms with Gasteiger partial charge in [0.25, 0.3) is 0 Å². The second kappa shape index (κ2) is 7.42. The number of nitrogens with zero attached hydrogens (tertiary/aromatic N) is 2. The molecule has 0 atom stereocenters. The van der Waals surface area contributed by atoms with E-state index in [0.717, 1.165) is 26.5 Å². The van der Waals surface area contributed by atoms with Crippen molar-refractivity contribution in [3.63, 3.8) is 0 Å². The summed E-state index contributed by atoms with van der Waals surface area (Å²) in [5.74, 6) is 0. The fraction of sp³-hybridized carbons (Fsp3) is 0.222. The van der Waals surface area contributed by atoms with Crippen molar-refractivity contribution in [3.05, 3.63) is 59.1 Å². The molecule has 5 nitrogen and oxygen atoms in total. The molecule has 0 aliphatic rings. The maximum Gasteiger partial charge on any atom is 0.322 e. The zero-order valence-electron chi connectivity index (χ0n) is 13.4. The molecule has 24 heavy (non-hydrogen) atoms. The molecule has 2 aromatic carbocycles. The van der Waals surface area contributed by atoms with Crippen molar-refractivity contribution in [2.24, 2.45) is 0 Å². The summed E-state index contributed by atoms with van der Waals surface area (Å²) in [5, 5.41) is 13.1. The first kappa shape index (κ1) is 16.4. The van der Waals surface area contributed by atoms with Gasteiger partial charge >= 0.3 is 6.03 Å². The number of aliphatic hydroxyl groups is 1. The molecule has 1 heterocycles. The number of rotatable bonds is 5. The molecule has 1 aromatic heterocycles. The number of aromatic nitrogens is 1. The fourth-order valence-electron chi connectivity index (χ4n) is 2.50. The van der Waals surface area contributed by atoms with E-state index in [1.54, 1.807) is 16.2 Å². The van der Waals surface area contributed by atoms with E-state index >= 15 is 0 Å². The van der Waals surface area contributed by atoms with Gasteiger partial charge in [-0.05, 0) is 30.7 Å². The van der Waals surface area contributed by atoms with Gasteiger partial charge in [0.2, 0.25) is 0 Å². The van der Waals surface area contributed by atoms with Gasteiger partial charge in [0, 0.05) is 18.8 Å². The Labute approximate surface area is 144 Å². The smallest absolute Gasteiger partial charge is 0.322 e. The standard InChI is InChI=1S/C18H19N3O2S/c1-13-19-16-8-7-15(11-17(16)24-13)20-18(23)21(9-10-22)12-14-5-3-2-4-6-14/h2-8,11,22H,9-10,12H2,1H3,(H,20,23). The van der Waals surface area contributed by atoms with Gasteiger partial charge in [-0.3, -0.25) is 0 Å². The number of aliphatic hydroxyl groups excluding tert-OH is 1. The van der Waals surface area contributed by atoms with Gasteiger partial charge in [-0.1, -0.05) is 30.3 Å². The number of carbonyl (C=O) groups excluding carboxylic acids is 1. The summed E-state index contributed by atoms with van der Waals surface area (Å²) in [6, 6.07) is 15.2. The Kier molecular flexibility index (Phi) is 5.08. The number of urea groups is 1. The predicted octanol–water partition coefficient (Wildman–Crippen LogP) is 3.63. The number of carbonyl (C=O) groups is 1. The average Bonchev–Trinajstić information content (AvgIpc) is 2.94. The second-order valence-electron chi connectivity index (χ2n) is 5.48. The van der Waals surface area contributed by atoms with Crippen LogP contribution < -0.4 is 5.32 Å². The summed E-state index contributed by atoms with van der Waals surface area (Å²) >= 11 is 1.60. The lowest BCUT2D eigenvalue weighted by Crippen LogP contribution is -2.36. The predicted molar refractivity (Wildman–Crippen MR) is 97.3 cm³/mol. The maximum absolute atomic E-state index is 12.5. The fourth-order valence-corrected chi connectivity index (χ4v) is 3.36. The van der Waals surface area contributed by atoms with Gasteiger partial charge in [-0.15, -0.1) is 11.3 Å². The van der Waals surface area contributed by atoms with Gasteiger partial charge in [0.1, 0.15) is 0 Å². The molecule has 0 spiro atoms. The van der Waals surface area contributed by atoms with E-state index in [1.807, 2.05) is 55.5 Å². The highest BCUT2D eigenvalue weighted by molar-refractivity contribution is 7.18. The zero-order valence-corrected chi connectivity index (χ0v) is 14.2. The number of hydrogen-bond donors (Lipinski definition) is 2. The van der Waals surface area contributed by atoms with Gasteiger partial charge in [0.15, 0.2) is 0 Å². The van der Waals surface area contributed by atoms with Crippen molar-refractivity contribution in [2.75, 3.05) is 18.5 Å². The van der Waals surface area contributed by atoms with Crippen LogP contribution in [0.15, 0.2) is 48.5 Å². The Bertz CT molecular complexity index is 833. The molecule has 0 saturated carbocycles. The topological polar surface area (TPSA) is 65.5 Å².